The normalized spacial score (nSPS) is 13.7. The van der Waals surface area contributed by atoms with Crippen LogP contribution in [0.3, 0.4) is 0 Å². The summed E-state index contributed by atoms with van der Waals surface area (Å²) in [5.41, 5.74) is 2.53. The summed E-state index contributed by atoms with van der Waals surface area (Å²) in [6.07, 6.45) is 3.58. The molecule has 8 heteroatoms. The van der Waals surface area contributed by atoms with E-state index in [0.29, 0.717) is 48.7 Å². The van der Waals surface area contributed by atoms with Crippen LogP contribution in [-0.4, -0.2) is 62.5 Å². The van der Waals surface area contributed by atoms with Gasteiger partial charge in [0.05, 0.1) is 5.56 Å². The summed E-state index contributed by atoms with van der Waals surface area (Å²) in [7, 11) is 0. The van der Waals surface area contributed by atoms with Crippen molar-refractivity contribution >= 4 is 17.5 Å². The number of anilines is 1. The molecule has 0 bridgehead atoms. The SMILES string of the molecule is Cc1ccc(C(=O)c2ccccc2C(=O)N2CCN(c3ccc(-n4ccnc4C)nn3)CC2)cc1. The zero-order valence-electron chi connectivity index (χ0n) is 19.8. The molecule has 2 aromatic heterocycles. The monoisotopic (exact) mass is 466 g/mol. The number of ketones is 1. The van der Waals surface area contributed by atoms with Gasteiger partial charge in [0.1, 0.15) is 5.82 Å². The van der Waals surface area contributed by atoms with Crippen LogP contribution in [0, 0.1) is 13.8 Å². The molecule has 5 rings (SSSR count). The van der Waals surface area contributed by atoms with Crippen molar-refractivity contribution in [2.24, 2.45) is 0 Å². The third-order valence-electron chi connectivity index (χ3n) is 6.32. The predicted octanol–water partition coefficient (Wildman–Crippen LogP) is 3.47. The van der Waals surface area contributed by atoms with Gasteiger partial charge < -0.3 is 9.80 Å². The fourth-order valence-electron chi connectivity index (χ4n) is 4.27. The van der Waals surface area contributed by atoms with Crippen molar-refractivity contribution in [3.8, 4) is 5.82 Å². The fraction of sp³-hybridized carbons (Fsp3) is 0.222. The highest BCUT2D eigenvalue weighted by molar-refractivity contribution is 6.15. The third-order valence-corrected chi connectivity index (χ3v) is 6.32. The predicted molar refractivity (Wildman–Crippen MR) is 133 cm³/mol. The largest absolute Gasteiger partial charge is 0.352 e. The van der Waals surface area contributed by atoms with Gasteiger partial charge >= 0.3 is 0 Å². The molecule has 0 N–H and O–H groups in total. The average Bonchev–Trinajstić information content (AvgIpc) is 3.34. The van der Waals surface area contributed by atoms with Crippen molar-refractivity contribution in [2.75, 3.05) is 31.1 Å². The van der Waals surface area contributed by atoms with E-state index in [9.17, 15) is 9.59 Å². The van der Waals surface area contributed by atoms with Gasteiger partial charge in [0.2, 0.25) is 0 Å². The van der Waals surface area contributed by atoms with E-state index in [1.54, 1.807) is 47.5 Å². The Morgan fingerprint density at radius 2 is 1.43 bits per heavy atom. The Morgan fingerprint density at radius 3 is 2.06 bits per heavy atom. The molecule has 2 aromatic carbocycles. The molecule has 0 aliphatic carbocycles. The number of carbonyl (C=O) groups excluding carboxylic acids is 2. The topological polar surface area (TPSA) is 84.2 Å². The standard InChI is InChI=1S/C27H26N6O2/c1-19-7-9-21(10-8-19)26(34)22-5-3-4-6-23(22)27(35)32-17-15-31(16-18-32)24-11-12-25(30-29-24)33-14-13-28-20(33)2/h3-14H,15-18H2,1-2H3. The number of nitrogens with zero attached hydrogens (tertiary/aromatic N) is 6. The van der Waals surface area contributed by atoms with E-state index in [0.717, 1.165) is 17.2 Å². The minimum atomic E-state index is -0.143. The molecule has 1 aliphatic heterocycles. The Labute approximate surface area is 203 Å². The van der Waals surface area contributed by atoms with E-state index >= 15 is 0 Å². The lowest BCUT2D eigenvalue weighted by Gasteiger charge is -2.35. The van der Waals surface area contributed by atoms with Gasteiger partial charge in [-0.3, -0.25) is 14.2 Å². The Kier molecular flexibility index (Phi) is 6.10. The van der Waals surface area contributed by atoms with Crippen LogP contribution in [0.1, 0.15) is 37.7 Å². The summed E-state index contributed by atoms with van der Waals surface area (Å²) >= 11 is 0. The number of hydrogen-bond donors (Lipinski definition) is 0. The molecule has 0 radical (unpaired) electrons. The smallest absolute Gasteiger partial charge is 0.254 e. The number of hydrogen-bond acceptors (Lipinski definition) is 6. The van der Waals surface area contributed by atoms with Crippen LogP contribution < -0.4 is 4.90 Å². The van der Waals surface area contributed by atoms with Crippen molar-refractivity contribution in [2.45, 2.75) is 13.8 Å². The van der Waals surface area contributed by atoms with Crippen LogP contribution in [0.4, 0.5) is 5.82 Å². The lowest BCUT2D eigenvalue weighted by atomic mass is 9.97. The Balaban J connectivity index is 1.27. The van der Waals surface area contributed by atoms with E-state index in [2.05, 4.69) is 20.1 Å². The molecule has 1 amide bonds. The quantitative estimate of drug-likeness (QED) is 0.419. The molecule has 176 valence electrons. The van der Waals surface area contributed by atoms with Gasteiger partial charge in [-0.05, 0) is 32.0 Å². The highest BCUT2D eigenvalue weighted by atomic mass is 16.2. The zero-order chi connectivity index (χ0) is 24.4. The molecule has 1 fully saturated rings. The second-order valence-corrected chi connectivity index (χ2v) is 8.61. The minimum absolute atomic E-state index is 0.127. The van der Waals surface area contributed by atoms with E-state index in [-0.39, 0.29) is 11.7 Å². The maximum Gasteiger partial charge on any atom is 0.254 e. The van der Waals surface area contributed by atoms with Gasteiger partial charge in [-0.1, -0.05) is 48.0 Å². The van der Waals surface area contributed by atoms with E-state index in [1.165, 1.54) is 0 Å². The molecule has 3 heterocycles. The van der Waals surface area contributed by atoms with Crippen LogP contribution in [0.25, 0.3) is 5.82 Å². The van der Waals surface area contributed by atoms with Crippen molar-refractivity contribution in [1.82, 2.24) is 24.6 Å². The summed E-state index contributed by atoms with van der Waals surface area (Å²) in [6, 6.07) is 18.3. The Bertz CT molecular complexity index is 1350. The summed E-state index contributed by atoms with van der Waals surface area (Å²) < 4.78 is 1.88. The van der Waals surface area contributed by atoms with E-state index in [1.807, 2.05) is 48.9 Å². The lowest BCUT2D eigenvalue weighted by molar-refractivity contribution is 0.0742. The van der Waals surface area contributed by atoms with Crippen molar-refractivity contribution in [3.63, 3.8) is 0 Å². The van der Waals surface area contributed by atoms with Crippen LogP contribution in [0.15, 0.2) is 73.1 Å². The number of imidazole rings is 1. The second kappa shape index (κ2) is 9.50. The van der Waals surface area contributed by atoms with Gasteiger partial charge in [-0.2, -0.15) is 0 Å². The van der Waals surface area contributed by atoms with Gasteiger partial charge in [0.15, 0.2) is 17.4 Å². The number of rotatable bonds is 5. The highest BCUT2D eigenvalue weighted by Crippen LogP contribution is 2.20. The molecule has 0 unspecified atom stereocenters. The van der Waals surface area contributed by atoms with Crippen LogP contribution in [0.5, 0.6) is 0 Å². The molecule has 0 spiro atoms. The number of carbonyl (C=O) groups is 2. The molecular weight excluding hydrogens is 440 g/mol. The van der Waals surface area contributed by atoms with Crippen molar-refractivity contribution in [1.29, 1.82) is 0 Å². The number of aryl methyl sites for hydroxylation is 2. The maximum atomic E-state index is 13.4. The molecule has 35 heavy (non-hydrogen) atoms. The van der Waals surface area contributed by atoms with Gasteiger partial charge in [-0.15, -0.1) is 10.2 Å². The molecule has 0 atom stereocenters. The lowest BCUT2D eigenvalue weighted by Crippen LogP contribution is -2.49. The number of aromatic nitrogens is 4. The Hall–Kier alpha value is -4.33. The highest BCUT2D eigenvalue weighted by Gasteiger charge is 2.26. The molecule has 1 aliphatic rings. The Morgan fingerprint density at radius 1 is 0.771 bits per heavy atom. The molecule has 8 nitrogen and oxygen atoms in total. The van der Waals surface area contributed by atoms with Crippen molar-refractivity contribution < 1.29 is 9.59 Å². The number of piperazine rings is 1. The molecule has 4 aromatic rings. The van der Waals surface area contributed by atoms with Gasteiger partial charge in [-0.25, -0.2) is 4.98 Å². The molecular formula is C27H26N6O2. The van der Waals surface area contributed by atoms with Gasteiger partial charge in [0.25, 0.3) is 5.91 Å². The first-order chi connectivity index (χ1) is 17.0. The minimum Gasteiger partial charge on any atom is -0.352 e. The molecule has 0 saturated carbocycles. The van der Waals surface area contributed by atoms with Crippen LogP contribution in [-0.2, 0) is 0 Å². The summed E-state index contributed by atoms with van der Waals surface area (Å²) in [5, 5.41) is 8.72. The number of benzene rings is 2. The van der Waals surface area contributed by atoms with Crippen molar-refractivity contribution in [3.05, 3.63) is 101 Å². The summed E-state index contributed by atoms with van der Waals surface area (Å²) in [6.45, 7) is 6.24. The second-order valence-electron chi connectivity index (χ2n) is 8.61. The molecule has 1 saturated heterocycles. The maximum absolute atomic E-state index is 13.4. The summed E-state index contributed by atoms with van der Waals surface area (Å²) in [5.74, 6) is 2.06. The van der Waals surface area contributed by atoms with Gasteiger partial charge in [0, 0.05) is 49.7 Å². The first-order valence-electron chi connectivity index (χ1n) is 11.6. The first-order valence-corrected chi connectivity index (χ1v) is 11.6. The van der Waals surface area contributed by atoms with Crippen LogP contribution in [0.2, 0.25) is 0 Å². The summed E-state index contributed by atoms with van der Waals surface area (Å²) in [4.78, 5) is 34.7. The van der Waals surface area contributed by atoms with E-state index < -0.39 is 0 Å². The third kappa shape index (κ3) is 4.55. The average molecular weight is 467 g/mol. The zero-order valence-corrected chi connectivity index (χ0v) is 19.8. The van der Waals surface area contributed by atoms with E-state index in [4.69, 9.17) is 0 Å². The fourth-order valence-corrected chi connectivity index (χ4v) is 4.27. The first kappa shape index (κ1) is 22.5. The number of amides is 1. The van der Waals surface area contributed by atoms with Crippen LogP contribution >= 0.6 is 0 Å².